The molecule has 2 nitrogen and oxygen atoms in total. The molecule has 1 aliphatic carbocycles. The monoisotopic (exact) mass is 275 g/mol. The second kappa shape index (κ2) is 6.62. The van der Waals surface area contributed by atoms with E-state index in [4.69, 9.17) is 10.5 Å². The second-order valence-corrected chi connectivity index (χ2v) is 6.83. The van der Waals surface area contributed by atoms with E-state index in [9.17, 15) is 0 Å². The van der Waals surface area contributed by atoms with Crippen molar-refractivity contribution in [1.29, 1.82) is 0 Å². The molecule has 0 bridgehead atoms. The van der Waals surface area contributed by atoms with Gasteiger partial charge in [0.2, 0.25) is 0 Å². The van der Waals surface area contributed by atoms with Crippen LogP contribution in [0.4, 0.5) is 0 Å². The standard InChI is InChI=1S/C18H29NO/c1-14(2)13-18(10-4-5-11-18)17(19)12-15-6-8-16(20-3)9-7-15/h6-9,14,17H,4-5,10-13,19H2,1-3H3. The van der Waals surface area contributed by atoms with Gasteiger partial charge in [0.25, 0.3) is 0 Å². The lowest BCUT2D eigenvalue weighted by atomic mass is 9.71. The molecule has 0 saturated heterocycles. The summed E-state index contributed by atoms with van der Waals surface area (Å²) in [5, 5.41) is 0. The van der Waals surface area contributed by atoms with Crippen molar-refractivity contribution < 1.29 is 4.74 Å². The molecule has 20 heavy (non-hydrogen) atoms. The third-order valence-electron chi connectivity index (χ3n) is 4.82. The number of rotatable bonds is 6. The maximum absolute atomic E-state index is 6.63. The van der Waals surface area contributed by atoms with Crippen molar-refractivity contribution in [3.05, 3.63) is 29.8 Å². The van der Waals surface area contributed by atoms with Crippen molar-refractivity contribution in [2.75, 3.05) is 7.11 Å². The minimum Gasteiger partial charge on any atom is -0.497 e. The largest absolute Gasteiger partial charge is 0.497 e. The number of benzene rings is 1. The summed E-state index contributed by atoms with van der Waals surface area (Å²) < 4.78 is 5.22. The van der Waals surface area contributed by atoms with E-state index in [1.165, 1.54) is 37.7 Å². The molecule has 0 aromatic heterocycles. The number of ether oxygens (including phenoxy) is 1. The molecule has 1 fully saturated rings. The molecule has 1 unspecified atom stereocenters. The minimum atomic E-state index is 0.279. The van der Waals surface area contributed by atoms with Crippen LogP contribution < -0.4 is 10.5 Å². The van der Waals surface area contributed by atoms with Crippen molar-refractivity contribution in [1.82, 2.24) is 0 Å². The van der Waals surface area contributed by atoms with E-state index in [0.717, 1.165) is 18.1 Å². The van der Waals surface area contributed by atoms with Gasteiger partial charge in [-0.15, -0.1) is 0 Å². The van der Waals surface area contributed by atoms with Crippen molar-refractivity contribution in [3.8, 4) is 5.75 Å². The third-order valence-corrected chi connectivity index (χ3v) is 4.82. The number of nitrogens with two attached hydrogens (primary N) is 1. The molecule has 1 aromatic carbocycles. The summed E-state index contributed by atoms with van der Waals surface area (Å²) in [5.41, 5.74) is 8.33. The number of hydrogen-bond acceptors (Lipinski definition) is 2. The van der Waals surface area contributed by atoms with E-state index in [2.05, 4.69) is 26.0 Å². The maximum Gasteiger partial charge on any atom is 0.118 e. The lowest BCUT2D eigenvalue weighted by Crippen LogP contribution is -2.42. The molecule has 2 heteroatoms. The molecule has 1 saturated carbocycles. The first kappa shape index (κ1) is 15.4. The Morgan fingerprint density at radius 2 is 1.75 bits per heavy atom. The third kappa shape index (κ3) is 3.54. The Morgan fingerprint density at radius 1 is 1.15 bits per heavy atom. The van der Waals surface area contributed by atoms with Crippen LogP contribution in [0.25, 0.3) is 0 Å². The SMILES string of the molecule is COc1ccc(CC(N)C2(CC(C)C)CCCC2)cc1. The highest BCUT2D eigenvalue weighted by atomic mass is 16.5. The van der Waals surface area contributed by atoms with Crippen LogP contribution >= 0.6 is 0 Å². The van der Waals surface area contributed by atoms with E-state index in [0.29, 0.717) is 5.41 Å². The van der Waals surface area contributed by atoms with Gasteiger partial charge in [-0.2, -0.15) is 0 Å². The molecular weight excluding hydrogens is 246 g/mol. The van der Waals surface area contributed by atoms with E-state index in [1.807, 2.05) is 12.1 Å². The summed E-state index contributed by atoms with van der Waals surface area (Å²) in [4.78, 5) is 0. The predicted molar refractivity (Wildman–Crippen MR) is 85.0 cm³/mol. The summed E-state index contributed by atoms with van der Waals surface area (Å²) in [6.45, 7) is 4.64. The molecule has 2 N–H and O–H groups in total. The first-order chi connectivity index (χ1) is 9.55. The van der Waals surface area contributed by atoms with Gasteiger partial charge in [-0.3, -0.25) is 0 Å². The topological polar surface area (TPSA) is 35.2 Å². The van der Waals surface area contributed by atoms with Gasteiger partial charge in [-0.05, 0) is 54.7 Å². The van der Waals surface area contributed by atoms with Crippen molar-refractivity contribution >= 4 is 0 Å². The summed E-state index contributed by atoms with van der Waals surface area (Å²) in [5.74, 6) is 1.65. The Kier molecular flexibility index (Phi) is 5.09. The van der Waals surface area contributed by atoms with E-state index >= 15 is 0 Å². The Morgan fingerprint density at radius 3 is 2.25 bits per heavy atom. The Hall–Kier alpha value is -1.02. The van der Waals surface area contributed by atoms with Crippen molar-refractivity contribution in [2.24, 2.45) is 17.1 Å². The fourth-order valence-corrected chi connectivity index (χ4v) is 3.85. The highest BCUT2D eigenvalue weighted by Gasteiger charge is 2.39. The normalized spacial score (nSPS) is 19.2. The average molecular weight is 275 g/mol. The molecule has 0 spiro atoms. The quantitative estimate of drug-likeness (QED) is 0.845. The molecular formula is C18H29NO. The van der Waals surface area contributed by atoms with Gasteiger partial charge in [0.05, 0.1) is 7.11 Å². The maximum atomic E-state index is 6.63. The van der Waals surface area contributed by atoms with Gasteiger partial charge in [-0.25, -0.2) is 0 Å². The van der Waals surface area contributed by atoms with Crippen LogP contribution in [-0.2, 0) is 6.42 Å². The lowest BCUT2D eigenvalue weighted by molar-refractivity contribution is 0.181. The van der Waals surface area contributed by atoms with Gasteiger partial charge >= 0.3 is 0 Å². The molecule has 0 radical (unpaired) electrons. The molecule has 1 atom stereocenters. The van der Waals surface area contributed by atoms with Crippen LogP contribution in [0.5, 0.6) is 5.75 Å². The molecule has 1 aliphatic rings. The van der Waals surface area contributed by atoms with Crippen molar-refractivity contribution in [3.63, 3.8) is 0 Å². The van der Waals surface area contributed by atoms with Crippen LogP contribution in [0.3, 0.4) is 0 Å². The van der Waals surface area contributed by atoms with Gasteiger partial charge < -0.3 is 10.5 Å². The molecule has 0 aliphatic heterocycles. The Balaban J connectivity index is 2.05. The predicted octanol–water partition coefficient (Wildman–Crippen LogP) is 4.17. The Labute approximate surface area is 123 Å². The average Bonchev–Trinajstić information content (AvgIpc) is 2.88. The van der Waals surface area contributed by atoms with Crippen LogP contribution in [-0.4, -0.2) is 13.2 Å². The molecule has 0 heterocycles. The summed E-state index contributed by atoms with van der Waals surface area (Å²) in [6.07, 6.45) is 7.57. The van der Waals surface area contributed by atoms with Gasteiger partial charge in [0.15, 0.2) is 0 Å². The molecule has 1 aromatic rings. The zero-order chi connectivity index (χ0) is 14.6. The summed E-state index contributed by atoms with van der Waals surface area (Å²) >= 11 is 0. The van der Waals surface area contributed by atoms with Crippen LogP contribution in [0.1, 0.15) is 51.5 Å². The minimum absolute atomic E-state index is 0.279. The van der Waals surface area contributed by atoms with E-state index in [-0.39, 0.29) is 6.04 Å². The van der Waals surface area contributed by atoms with Gasteiger partial charge in [0, 0.05) is 6.04 Å². The highest BCUT2D eigenvalue weighted by molar-refractivity contribution is 5.28. The van der Waals surface area contributed by atoms with E-state index in [1.54, 1.807) is 7.11 Å². The number of methoxy groups -OCH3 is 1. The van der Waals surface area contributed by atoms with Crippen LogP contribution in [0.2, 0.25) is 0 Å². The zero-order valence-electron chi connectivity index (χ0n) is 13.2. The zero-order valence-corrected chi connectivity index (χ0v) is 13.2. The molecule has 2 rings (SSSR count). The molecule has 0 amide bonds. The van der Waals surface area contributed by atoms with Crippen molar-refractivity contribution in [2.45, 2.75) is 58.4 Å². The first-order valence-corrected chi connectivity index (χ1v) is 7.94. The fraction of sp³-hybridized carbons (Fsp3) is 0.667. The second-order valence-electron chi connectivity index (χ2n) is 6.83. The Bertz CT molecular complexity index is 404. The molecule has 112 valence electrons. The fourth-order valence-electron chi connectivity index (χ4n) is 3.85. The summed E-state index contributed by atoms with van der Waals surface area (Å²) in [6, 6.07) is 8.64. The lowest BCUT2D eigenvalue weighted by Gasteiger charge is -2.37. The van der Waals surface area contributed by atoms with Gasteiger partial charge in [0.1, 0.15) is 5.75 Å². The van der Waals surface area contributed by atoms with Crippen LogP contribution in [0, 0.1) is 11.3 Å². The van der Waals surface area contributed by atoms with E-state index < -0.39 is 0 Å². The van der Waals surface area contributed by atoms with Crippen LogP contribution in [0.15, 0.2) is 24.3 Å². The number of hydrogen-bond donors (Lipinski definition) is 1. The van der Waals surface area contributed by atoms with Gasteiger partial charge in [-0.1, -0.05) is 38.8 Å². The smallest absolute Gasteiger partial charge is 0.118 e. The summed E-state index contributed by atoms with van der Waals surface area (Å²) in [7, 11) is 1.71. The first-order valence-electron chi connectivity index (χ1n) is 7.94. The highest BCUT2D eigenvalue weighted by Crippen LogP contribution is 2.46.